The Morgan fingerprint density at radius 2 is 2.13 bits per heavy atom. The van der Waals surface area contributed by atoms with Gasteiger partial charge in [-0.2, -0.15) is 5.26 Å². The molecule has 23 heavy (non-hydrogen) atoms. The topological polar surface area (TPSA) is 83.8 Å². The van der Waals surface area contributed by atoms with Crippen molar-refractivity contribution in [1.29, 1.82) is 5.26 Å². The first kappa shape index (κ1) is 14.8. The third-order valence-corrected chi connectivity index (χ3v) is 3.63. The summed E-state index contributed by atoms with van der Waals surface area (Å²) in [5, 5.41) is 9.46. The van der Waals surface area contributed by atoms with E-state index in [1.807, 2.05) is 10.6 Å². The second-order valence-corrected chi connectivity index (χ2v) is 5.12. The molecule has 1 aromatic heterocycles. The molecule has 6 heteroatoms. The number of nitriles is 1. The number of benzene rings is 2. The van der Waals surface area contributed by atoms with E-state index in [1.165, 1.54) is 12.1 Å². The Kier molecular flexibility index (Phi) is 3.79. The van der Waals surface area contributed by atoms with Crippen molar-refractivity contribution in [2.24, 2.45) is 5.84 Å². The average Bonchev–Trinajstić information content (AvgIpc) is 2.92. The van der Waals surface area contributed by atoms with Crippen molar-refractivity contribution in [3.63, 3.8) is 0 Å². The number of nitrogens with two attached hydrogens (primary N) is 1. The Morgan fingerprint density at radius 3 is 2.87 bits per heavy atom. The maximum absolute atomic E-state index is 13.5. The molecule has 0 atom stereocenters. The van der Waals surface area contributed by atoms with Crippen LogP contribution in [0.4, 0.5) is 4.39 Å². The zero-order chi connectivity index (χ0) is 16.4. The second-order valence-electron chi connectivity index (χ2n) is 5.12. The fourth-order valence-corrected chi connectivity index (χ4v) is 2.59. The number of fused-ring (bicyclic) bond motifs is 1. The minimum absolute atomic E-state index is 0.304. The van der Waals surface area contributed by atoms with Gasteiger partial charge in [0, 0.05) is 23.6 Å². The highest BCUT2D eigenvalue weighted by Crippen LogP contribution is 2.23. The molecular formula is C17H13FN4O. The molecule has 3 rings (SSSR count). The molecule has 0 saturated carbocycles. The molecule has 3 aromatic rings. The number of carbonyl (C=O) groups excluding carboxylic acids is 1. The Balaban J connectivity index is 2.10. The first-order chi connectivity index (χ1) is 11.1. The highest BCUT2D eigenvalue weighted by atomic mass is 19.1. The van der Waals surface area contributed by atoms with Crippen LogP contribution in [-0.4, -0.2) is 10.5 Å². The van der Waals surface area contributed by atoms with E-state index in [0.29, 0.717) is 28.6 Å². The zero-order valence-corrected chi connectivity index (χ0v) is 12.1. The Labute approximate surface area is 131 Å². The van der Waals surface area contributed by atoms with Crippen LogP contribution in [0.15, 0.2) is 48.7 Å². The first-order valence-electron chi connectivity index (χ1n) is 6.91. The van der Waals surface area contributed by atoms with E-state index in [1.54, 1.807) is 30.5 Å². The summed E-state index contributed by atoms with van der Waals surface area (Å²) in [7, 11) is 0. The zero-order valence-electron chi connectivity index (χ0n) is 12.1. The standard InChI is InChI=1S/C17H13FN4O/c18-13-4-5-16-14(7-13)15(17(23)21-20)10-22(16)9-12-3-1-2-11(6-12)8-19/h1-7,10H,9,20H2,(H,21,23). The molecule has 3 N–H and O–H groups in total. The highest BCUT2D eigenvalue weighted by molar-refractivity contribution is 6.06. The molecule has 0 bridgehead atoms. The SMILES string of the molecule is N#Cc1cccc(Cn2cc(C(=O)NN)c3cc(F)ccc32)c1. The smallest absolute Gasteiger partial charge is 0.267 e. The van der Waals surface area contributed by atoms with E-state index in [-0.39, 0.29) is 0 Å². The number of halogens is 1. The Morgan fingerprint density at radius 1 is 1.30 bits per heavy atom. The molecule has 0 aliphatic carbocycles. The molecular weight excluding hydrogens is 295 g/mol. The lowest BCUT2D eigenvalue weighted by Gasteiger charge is -2.06. The number of amides is 1. The van der Waals surface area contributed by atoms with Gasteiger partial charge >= 0.3 is 0 Å². The van der Waals surface area contributed by atoms with Crippen molar-refractivity contribution in [3.8, 4) is 6.07 Å². The number of hydrogen-bond acceptors (Lipinski definition) is 3. The first-order valence-corrected chi connectivity index (χ1v) is 6.91. The maximum Gasteiger partial charge on any atom is 0.267 e. The fraction of sp³-hybridized carbons (Fsp3) is 0.0588. The molecule has 114 valence electrons. The number of aromatic nitrogens is 1. The van der Waals surface area contributed by atoms with Crippen LogP contribution < -0.4 is 11.3 Å². The van der Waals surface area contributed by atoms with Crippen LogP contribution in [0, 0.1) is 17.1 Å². The number of nitrogens with zero attached hydrogens (tertiary/aromatic N) is 2. The summed E-state index contributed by atoms with van der Waals surface area (Å²) in [6.07, 6.45) is 1.63. The van der Waals surface area contributed by atoms with Crippen molar-refractivity contribution in [2.45, 2.75) is 6.54 Å². The maximum atomic E-state index is 13.5. The van der Waals surface area contributed by atoms with E-state index in [9.17, 15) is 9.18 Å². The van der Waals surface area contributed by atoms with Crippen molar-refractivity contribution in [1.82, 2.24) is 9.99 Å². The van der Waals surface area contributed by atoms with Crippen molar-refractivity contribution >= 4 is 16.8 Å². The largest absolute Gasteiger partial charge is 0.342 e. The number of hydrogen-bond donors (Lipinski definition) is 2. The lowest BCUT2D eigenvalue weighted by molar-refractivity contribution is 0.0955. The fourth-order valence-electron chi connectivity index (χ4n) is 2.59. The average molecular weight is 308 g/mol. The molecule has 0 aliphatic rings. The summed E-state index contributed by atoms with van der Waals surface area (Å²) in [6, 6.07) is 13.5. The summed E-state index contributed by atoms with van der Waals surface area (Å²) in [6.45, 7) is 0.454. The predicted octanol–water partition coefficient (Wildman–Crippen LogP) is 2.30. The van der Waals surface area contributed by atoms with E-state index >= 15 is 0 Å². The van der Waals surface area contributed by atoms with Gasteiger partial charge in [-0.1, -0.05) is 12.1 Å². The van der Waals surface area contributed by atoms with E-state index < -0.39 is 11.7 Å². The second kappa shape index (κ2) is 5.91. The van der Waals surface area contributed by atoms with Crippen LogP contribution >= 0.6 is 0 Å². The van der Waals surface area contributed by atoms with Gasteiger partial charge in [-0.05, 0) is 35.9 Å². The van der Waals surface area contributed by atoms with E-state index in [2.05, 4.69) is 11.5 Å². The quantitative estimate of drug-likeness (QED) is 0.442. The third-order valence-electron chi connectivity index (χ3n) is 3.63. The van der Waals surface area contributed by atoms with Crippen molar-refractivity contribution < 1.29 is 9.18 Å². The van der Waals surface area contributed by atoms with Crippen LogP contribution in [0.2, 0.25) is 0 Å². The number of hydrazine groups is 1. The monoisotopic (exact) mass is 308 g/mol. The van der Waals surface area contributed by atoms with E-state index in [4.69, 9.17) is 11.1 Å². The molecule has 0 radical (unpaired) electrons. The predicted molar refractivity (Wildman–Crippen MR) is 83.8 cm³/mol. The van der Waals surface area contributed by atoms with Crippen LogP contribution in [0.3, 0.4) is 0 Å². The van der Waals surface area contributed by atoms with Gasteiger partial charge in [0.2, 0.25) is 0 Å². The number of rotatable bonds is 3. The summed E-state index contributed by atoms with van der Waals surface area (Å²) >= 11 is 0. The molecule has 0 saturated heterocycles. The molecule has 0 spiro atoms. The van der Waals surface area contributed by atoms with Crippen LogP contribution in [0.5, 0.6) is 0 Å². The minimum atomic E-state index is -0.481. The highest BCUT2D eigenvalue weighted by Gasteiger charge is 2.15. The summed E-state index contributed by atoms with van der Waals surface area (Å²) in [5.41, 5.74) is 4.56. The van der Waals surface area contributed by atoms with Gasteiger partial charge in [0.1, 0.15) is 5.82 Å². The minimum Gasteiger partial charge on any atom is -0.342 e. The lowest BCUT2D eigenvalue weighted by atomic mass is 10.1. The molecule has 1 heterocycles. The Bertz CT molecular complexity index is 939. The van der Waals surface area contributed by atoms with Gasteiger partial charge in [0.15, 0.2) is 0 Å². The van der Waals surface area contributed by atoms with Gasteiger partial charge in [0.05, 0.1) is 17.2 Å². The lowest BCUT2D eigenvalue weighted by Crippen LogP contribution is -2.29. The summed E-state index contributed by atoms with van der Waals surface area (Å²) in [4.78, 5) is 11.9. The van der Waals surface area contributed by atoms with Gasteiger partial charge < -0.3 is 4.57 Å². The van der Waals surface area contributed by atoms with Crippen LogP contribution in [0.1, 0.15) is 21.5 Å². The van der Waals surface area contributed by atoms with Crippen molar-refractivity contribution in [2.75, 3.05) is 0 Å². The molecule has 2 aromatic carbocycles. The molecule has 5 nitrogen and oxygen atoms in total. The number of nitrogen functional groups attached to an aromatic ring is 1. The van der Waals surface area contributed by atoms with Gasteiger partial charge in [0.25, 0.3) is 5.91 Å². The third kappa shape index (κ3) is 2.78. The van der Waals surface area contributed by atoms with Crippen molar-refractivity contribution in [3.05, 3.63) is 71.2 Å². The van der Waals surface area contributed by atoms with Crippen LogP contribution in [0.25, 0.3) is 10.9 Å². The Hall–Kier alpha value is -3.17. The number of carbonyl (C=O) groups is 1. The van der Waals surface area contributed by atoms with E-state index in [0.717, 1.165) is 5.56 Å². The summed E-state index contributed by atoms with van der Waals surface area (Å²) in [5.74, 6) is 4.29. The molecule has 0 fully saturated rings. The van der Waals surface area contributed by atoms with Gasteiger partial charge in [-0.3, -0.25) is 10.2 Å². The van der Waals surface area contributed by atoms with Gasteiger partial charge in [-0.25, -0.2) is 10.2 Å². The van der Waals surface area contributed by atoms with Gasteiger partial charge in [-0.15, -0.1) is 0 Å². The number of nitrogens with one attached hydrogen (secondary N) is 1. The van der Waals surface area contributed by atoms with Crippen LogP contribution in [-0.2, 0) is 6.54 Å². The molecule has 1 amide bonds. The summed E-state index contributed by atoms with van der Waals surface area (Å²) < 4.78 is 15.3. The molecule has 0 aliphatic heterocycles. The normalized spacial score (nSPS) is 10.5. The molecule has 0 unspecified atom stereocenters.